The van der Waals surface area contributed by atoms with Crippen LogP contribution in [0, 0.1) is 5.92 Å². The number of ether oxygens (including phenoxy) is 1. The van der Waals surface area contributed by atoms with Gasteiger partial charge in [0.05, 0.1) is 12.1 Å². The first-order valence-electron chi connectivity index (χ1n) is 12.7. The molecule has 2 amide bonds. The highest BCUT2D eigenvalue weighted by Gasteiger charge is 2.39. The SMILES string of the molecule is CNC(C)C(=O)N[C@H](C(=O)N1CCCC1c1cccc(Oc2ccccc2)c1)C1CCCCC1. The van der Waals surface area contributed by atoms with Gasteiger partial charge in [0.15, 0.2) is 0 Å². The van der Waals surface area contributed by atoms with Gasteiger partial charge in [-0.2, -0.15) is 0 Å². The van der Waals surface area contributed by atoms with Gasteiger partial charge in [-0.25, -0.2) is 0 Å². The molecule has 2 aromatic rings. The summed E-state index contributed by atoms with van der Waals surface area (Å²) in [4.78, 5) is 28.7. The van der Waals surface area contributed by atoms with Gasteiger partial charge in [-0.05, 0) is 75.4 Å². The molecule has 1 saturated carbocycles. The van der Waals surface area contributed by atoms with Gasteiger partial charge in [-0.15, -0.1) is 0 Å². The molecule has 2 fully saturated rings. The minimum atomic E-state index is -0.465. The Morgan fingerprint density at radius 1 is 0.941 bits per heavy atom. The highest BCUT2D eigenvalue weighted by atomic mass is 16.5. The largest absolute Gasteiger partial charge is 0.457 e. The highest BCUT2D eigenvalue weighted by Crippen LogP contribution is 2.36. The molecule has 182 valence electrons. The lowest BCUT2D eigenvalue weighted by Crippen LogP contribution is -2.55. The van der Waals surface area contributed by atoms with Crippen molar-refractivity contribution >= 4 is 11.8 Å². The van der Waals surface area contributed by atoms with Crippen molar-refractivity contribution < 1.29 is 14.3 Å². The van der Waals surface area contributed by atoms with Crippen LogP contribution in [0.2, 0.25) is 0 Å². The lowest BCUT2D eigenvalue weighted by molar-refractivity contribution is -0.139. The summed E-state index contributed by atoms with van der Waals surface area (Å²) in [5.41, 5.74) is 1.08. The van der Waals surface area contributed by atoms with E-state index < -0.39 is 6.04 Å². The van der Waals surface area contributed by atoms with E-state index in [-0.39, 0.29) is 29.8 Å². The maximum atomic E-state index is 13.9. The molecule has 3 atom stereocenters. The van der Waals surface area contributed by atoms with Crippen molar-refractivity contribution in [2.75, 3.05) is 13.6 Å². The summed E-state index contributed by atoms with van der Waals surface area (Å²) >= 11 is 0. The van der Waals surface area contributed by atoms with Crippen LogP contribution in [0.15, 0.2) is 54.6 Å². The summed E-state index contributed by atoms with van der Waals surface area (Å²) in [5.74, 6) is 1.70. The average Bonchev–Trinajstić information content (AvgIpc) is 3.38. The van der Waals surface area contributed by atoms with Crippen molar-refractivity contribution in [3.05, 3.63) is 60.2 Å². The standard InChI is InChI=1S/C28H37N3O3/c1-20(29-2)27(32)30-26(21-11-5-3-6-12-21)28(33)31-18-10-17-25(31)22-13-9-16-24(19-22)34-23-14-7-4-8-15-23/h4,7-9,13-16,19-21,25-26,29H,3,5-6,10-12,17-18H2,1-2H3,(H,30,32)/t20?,25?,26-/m0/s1. The Hall–Kier alpha value is -2.86. The number of carbonyl (C=O) groups excluding carboxylic acids is 2. The van der Waals surface area contributed by atoms with Gasteiger partial charge >= 0.3 is 0 Å². The summed E-state index contributed by atoms with van der Waals surface area (Å²) < 4.78 is 6.04. The smallest absolute Gasteiger partial charge is 0.245 e. The molecular weight excluding hydrogens is 426 g/mol. The number of nitrogens with zero attached hydrogens (tertiary/aromatic N) is 1. The fourth-order valence-corrected chi connectivity index (χ4v) is 5.22. The van der Waals surface area contributed by atoms with Gasteiger partial charge in [0.25, 0.3) is 0 Å². The summed E-state index contributed by atoms with van der Waals surface area (Å²) in [5, 5.41) is 6.10. The molecule has 1 aliphatic heterocycles. The third kappa shape index (κ3) is 5.79. The van der Waals surface area contributed by atoms with Crippen LogP contribution in [0.5, 0.6) is 11.5 Å². The molecular formula is C28H37N3O3. The highest BCUT2D eigenvalue weighted by molar-refractivity contribution is 5.90. The van der Waals surface area contributed by atoms with E-state index >= 15 is 0 Å². The predicted molar refractivity (Wildman–Crippen MR) is 134 cm³/mol. The van der Waals surface area contributed by atoms with Crippen LogP contribution in [-0.2, 0) is 9.59 Å². The normalized spacial score (nSPS) is 20.5. The minimum Gasteiger partial charge on any atom is -0.457 e. The summed E-state index contributed by atoms with van der Waals surface area (Å²) in [6, 6.07) is 17.0. The van der Waals surface area contributed by atoms with Crippen LogP contribution >= 0.6 is 0 Å². The molecule has 2 aromatic carbocycles. The van der Waals surface area contributed by atoms with Crippen molar-refractivity contribution in [2.45, 2.75) is 70.0 Å². The molecule has 2 N–H and O–H groups in total. The lowest BCUT2D eigenvalue weighted by Gasteiger charge is -2.35. The lowest BCUT2D eigenvalue weighted by atomic mass is 9.83. The Morgan fingerprint density at radius 3 is 2.41 bits per heavy atom. The average molecular weight is 464 g/mol. The Morgan fingerprint density at radius 2 is 1.68 bits per heavy atom. The summed E-state index contributed by atoms with van der Waals surface area (Å²) in [6.45, 7) is 2.54. The van der Waals surface area contributed by atoms with Crippen LogP contribution in [0.1, 0.15) is 63.5 Å². The molecule has 0 bridgehead atoms. The summed E-state index contributed by atoms with van der Waals surface area (Å²) in [7, 11) is 1.77. The van der Waals surface area contributed by atoms with Crippen molar-refractivity contribution in [1.29, 1.82) is 0 Å². The molecule has 6 nitrogen and oxygen atoms in total. The summed E-state index contributed by atoms with van der Waals surface area (Å²) in [6.07, 6.45) is 7.30. The van der Waals surface area contributed by atoms with E-state index in [1.165, 1.54) is 6.42 Å². The molecule has 4 rings (SSSR count). The molecule has 2 unspecified atom stereocenters. The number of amides is 2. The third-order valence-electron chi connectivity index (χ3n) is 7.27. The van der Waals surface area contributed by atoms with Gasteiger partial charge in [0.2, 0.25) is 11.8 Å². The van der Waals surface area contributed by atoms with Gasteiger partial charge in [0.1, 0.15) is 17.5 Å². The first kappa shape index (κ1) is 24.3. The molecule has 6 heteroatoms. The number of likely N-dealkylation sites (N-methyl/N-ethyl adjacent to an activating group) is 1. The fraction of sp³-hybridized carbons (Fsp3) is 0.500. The Kier molecular flexibility index (Phi) is 8.22. The van der Waals surface area contributed by atoms with E-state index in [1.807, 2.05) is 60.4 Å². The first-order valence-corrected chi connectivity index (χ1v) is 12.7. The van der Waals surface area contributed by atoms with Crippen molar-refractivity contribution in [3.63, 3.8) is 0 Å². The van der Waals surface area contributed by atoms with Crippen molar-refractivity contribution in [3.8, 4) is 11.5 Å². The van der Waals surface area contributed by atoms with E-state index in [2.05, 4.69) is 16.7 Å². The topological polar surface area (TPSA) is 70.7 Å². The van der Waals surface area contributed by atoms with Crippen LogP contribution < -0.4 is 15.4 Å². The third-order valence-corrected chi connectivity index (χ3v) is 7.27. The number of para-hydroxylation sites is 1. The first-order chi connectivity index (χ1) is 16.6. The van der Waals surface area contributed by atoms with E-state index in [0.717, 1.165) is 55.6 Å². The molecule has 1 heterocycles. The maximum absolute atomic E-state index is 13.9. The van der Waals surface area contributed by atoms with E-state index in [9.17, 15) is 9.59 Å². The zero-order valence-corrected chi connectivity index (χ0v) is 20.3. The second-order valence-corrected chi connectivity index (χ2v) is 9.57. The van der Waals surface area contributed by atoms with Gasteiger partial charge < -0.3 is 20.3 Å². The molecule has 0 aromatic heterocycles. The van der Waals surface area contributed by atoms with Gasteiger partial charge in [-0.1, -0.05) is 49.6 Å². The monoisotopic (exact) mass is 463 g/mol. The number of hydrogen-bond acceptors (Lipinski definition) is 4. The number of hydrogen-bond donors (Lipinski definition) is 2. The van der Waals surface area contributed by atoms with Crippen molar-refractivity contribution in [1.82, 2.24) is 15.5 Å². The number of rotatable bonds is 8. The molecule has 0 spiro atoms. The van der Waals surface area contributed by atoms with E-state index in [0.29, 0.717) is 6.54 Å². The zero-order valence-electron chi connectivity index (χ0n) is 20.3. The number of likely N-dealkylation sites (tertiary alicyclic amines) is 1. The maximum Gasteiger partial charge on any atom is 0.245 e. The van der Waals surface area contributed by atoms with Crippen LogP contribution in [-0.4, -0.2) is 42.4 Å². The van der Waals surface area contributed by atoms with Crippen LogP contribution in [0.25, 0.3) is 0 Å². The fourth-order valence-electron chi connectivity index (χ4n) is 5.22. The zero-order chi connectivity index (χ0) is 23.9. The molecule has 2 aliphatic rings. The quantitative estimate of drug-likeness (QED) is 0.589. The second-order valence-electron chi connectivity index (χ2n) is 9.57. The van der Waals surface area contributed by atoms with Gasteiger partial charge in [-0.3, -0.25) is 9.59 Å². The number of nitrogens with one attached hydrogen (secondary N) is 2. The Balaban J connectivity index is 1.53. The molecule has 1 aliphatic carbocycles. The molecule has 1 saturated heterocycles. The number of carbonyl (C=O) groups is 2. The Bertz CT molecular complexity index is 958. The Labute approximate surface area is 203 Å². The van der Waals surface area contributed by atoms with Crippen molar-refractivity contribution in [2.24, 2.45) is 5.92 Å². The van der Waals surface area contributed by atoms with E-state index in [4.69, 9.17) is 4.74 Å². The predicted octanol–water partition coefficient (Wildman–Crippen LogP) is 4.82. The van der Waals surface area contributed by atoms with Crippen LogP contribution in [0.4, 0.5) is 0 Å². The molecule has 34 heavy (non-hydrogen) atoms. The van der Waals surface area contributed by atoms with Gasteiger partial charge in [0, 0.05) is 6.54 Å². The number of benzene rings is 2. The molecule has 0 radical (unpaired) electrons. The second kappa shape index (κ2) is 11.5. The van der Waals surface area contributed by atoms with Crippen LogP contribution in [0.3, 0.4) is 0 Å². The minimum absolute atomic E-state index is 0.00320. The van der Waals surface area contributed by atoms with E-state index in [1.54, 1.807) is 7.05 Å².